The van der Waals surface area contributed by atoms with Crippen molar-refractivity contribution >= 4 is 27.5 Å². The molecule has 0 bridgehead atoms. The van der Waals surface area contributed by atoms with Gasteiger partial charge in [0.2, 0.25) is 5.91 Å². The molecule has 0 aliphatic heterocycles. The normalized spacial score (nSPS) is 11.2. The van der Waals surface area contributed by atoms with E-state index in [1.165, 1.54) is 26.2 Å². The Bertz CT molecular complexity index is 1140. The summed E-state index contributed by atoms with van der Waals surface area (Å²) < 4.78 is 46.3. The highest BCUT2D eigenvalue weighted by Gasteiger charge is 2.27. The lowest BCUT2D eigenvalue weighted by Crippen LogP contribution is -2.44. The van der Waals surface area contributed by atoms with Crippen molar-refractivity contribution in [3.8, 4) is 5.75 Å². The number of hydrogen-bond donors (Lipinski definition) is 1. The molecule has 3 rings (SSSR count). The van der Waals surface area contributed by atoms with Gasteiger partial charge in [0.1, 0.15) is 24.7 Å². The zero-order chi connectivity index (χ0) is 23.1. The number of nitrogens with one attached hydrogen (secondary N) is 1. The van der Waals surface area contributed by atoms with Crippen molar-refractivity contribution in [1.29, 1.82) is 0 Å². The average Bonchev–Trinajstić information content (AvgIpc) is 2.78. The molecule has 0 spiro atoms. The van der Waals surface area contributed by atoms with Gasteiger partial charge in [-0.25, -0.2) is 8.70 Å². The third-order valence-corrected chi connectivity index (χ3v) is 6.35. The molecule has 0 unspecified atom stereocenters. The van der Waals surface area contributed by atoms with E-state index in [1.807, 2.05) is 30.3 Å². The van der Waals surface area contributed by atoms with Gasteiger partial charge < -0.3 is 10.1 Å². The first kappa shape index (κ1) is 23.2. The fourth-order valence-electron chi connectivity index (χ4n) is 2.82. The first-order chi connectivity index (χ1) is 15.3. The second kappa shape index (κ2) is 10.3. The molecule has 3 aromatic rings. The van der Waals surface area contributed by atoms with E-state index >= 15 is 0 Å². The van der Waals surface area contributed by atoms with Crippen LogP contribution in [0, 0.1) is 5.82 Å². The summed E-state index contributed by atoms with van der Waals surface area (Å²) in [5, 5.41) is 2.67. The molecule has 3 aromatic carbocycles. The van der Waals surface area contributed by atoms with Crippen LogP contribution in [0.15, 0.2) is 78.9 Å². The summed E-state index contributed by atoms with van der Waals surface area (Å²) >= 11 is 0. The van der Waals surface area contributed by atoms with Gasteiger partial charge in [-0.3, -0.25) is 4.79 Å². The first-order valence-electron chi connectivity index (χ1n) is 9.78. The van der Waals surface area contributed by atoms with Crippen LogP contribution in [0.25, 0.3) is 0 Å². The highest BCUT2D eigenvalue weighted by atomic mass is 32.2. The summed E-state index contributed by atoms with van der Waals surface area (Å²) in [4.78, 5) is 12.6. The van der Waals surface area contributed by atoms with Crippen molar-refractivity contribution in [2.75, 3.05) is 30.3 Å². The Morgan fingerprint density at radius 1 is 0.938 bits per heavy atom. The Balaban J connectivity index is 1.66. The zero-order valence-electron chi connectivity index (χ0n) is 17.7. The zero-order valence-corrected chi connectivity index (χ0v) is 18.5. The third kappa shape index (κ3) is 6.05. The number of nitrogens with zero attached hydrogens (tertiary/aromatic N) is 2. The second-order valence-corrected chi connectivity index (χ2v) is 9.19. The molecular formula is C23H24FN3O4S. The molecule has 7 nitrogen and oxygen atoms in total. The predicted octanol–water partition coefficient (Wildman–Crippen LogP) is 3.66. The summed E-state index contributed by atoms with van der Waals surface area (Å²) in [7, 11) is -1.25. The van der Waals surface area contributed by atoms with Gasteiger partial charge in [-0.05, 0) is 54.1 Å². The van der Waals surface area contributed by atoms with Crippen LogP contribution in [-0.2, 0) is 21.6 Å². The summed E-state index contributed by atoms with van der Waals surface area (Å²) in [5.41, 5.74) is 1.70. The van der Waals surface area contributed by atoms with Gasteiger partial charge in [-0.1, -0.05) is 30.3 Å². The van der Waals surface area contributed by atoms with Crippen LogP contribution in [0.1, 0.15) is 5.56 Å². The molecule has 0 aliphatic rings. The summed E-state index contributed by atoms with van der Waals surface area (Å²) in [5.74, 6) is -0.414. The van der Waals surface area contributed by atoms with E-state index in [0.29, 0.717) is 18.0 Å². The maximum atomic E-state index is 13.3. The van der Waals surface area contributed by atoms with Crippen molar-refractivity contribution in [3.63, 3.8) is 0 Å². The number of anilines is 2. The molecule has 0 aromatic heterocycles. The molecule has 0 atom stereocenters. The predicted molar refractivity (Wildman–Crippen MR) is 122 cm³/mol. The maximum absolute atomic E-state index is 13.3. The van der Waals surface area contributed by atoms with Gasteiger partial charge in [0.25, 0.3) is 0 Å². The summed E-state index contributed by atoms with van der Waals surface area (Å²) in [6.07, 6.45) is 0. The average molecular weight is 458 g/mol. The molecule has 1 N–H and O–H groups in total. The standard InChI is InChI=1S/C23H24FN3O4S/c1-26(2)32(29,30)27(21-12-8-19(24)9-13-21)16-23(28)25-20-10-14-22(15-11-20)31-17-18-6-4-3-5-7-18/h3-15H,16-17H2,1-2H3,(H,25,28). The van der Waals surface area contributed by atoms with Crippen LogP contribution in [-0.4, -0.2) is 39.3 Å². The molecule has 32 heavy (non-hydrogen) atoms. The van der Waals surface area contributed by atoms with Gasteiger partial charge in [0.05, 0.1) is 5.69 Å². The molecule has 9 heteroatoms. The van der Waals surface area contributed by atoms with Crippen LogP contribution >= 0.6 is 0 Å². The number of rotatable bonds is 9. The fourth-order valence-corrected chi connectivity index (χ4v) is 3.88. The highest BCUT2D eigenvalue weighted by Crippen LogP contribution is 2.21. The van der Waals surface area contributed by atoms with E-state index in [1.54, 1.807) is 24.3 Å². The van der Waals surface area contributed by atoms with Crippen LogP contribution in [0.4, 0.5) is 15.8 Å². The highest BCUT2D eigenvalue weighted by molar-refractivity contribution is 7.90. The molecule has 0 aliphatic carbocycles. The maximum Gasteiger partial charge on any atom is 0.304 e. The number of ether oxygens (including phenoxy) is 1. The number of amides is 1. The molecule has 1 amide bonds. The Morgan fingerprint density at radius 2 is 1.56 bits per heavy atom. The van der Waals surface area contributed by atoms with E-state index in [-0.39, 0.29) is 5.69 Å². The monoisotopic (exact) mass is 457 g/mol. The van der Waals surface area contributed by atoms with Crippen molar-refractivity contribution in [2.45, 2.75) is 6.61 Å². The third-order valence-electron chi connectivity index (χ3n) is 4.53. The van der Waals surface area contributed by atoms with Crippen LogP contribution in [0.3, 0.4) is 0 Å². The van der Waals surface area contributed by atoms with E-state index in [2.05, 4.69) is 5.32 Å². The molecule has 0 radical (unpaired) electrons. The largest absolute Gasteiger partial charge is 0.489 e. The van der Waals surface area contributed by atoms with Gasteiger partial charge in [0, 0.05) is 19.8 Å². The van der Waals surface area contributed by atoms with E-state index in [9.17, 15) is 17.6 Å². The van der Waals surface area contributed by atoms with Crippen LogP contribution in [0.5, 0.6) is 5.75 Å². The van der Waals surface area contributed by atoms with Gasteiger partial charge >= 0.3 is 10.2 Å². The van der Waals surface area contributed by atoms with Gasteiger partial charge in [-0.15, -0.1) is 0 Å². The van der Waals surface area contributed by atoms with Crippen molar-refractivity contribution in [1.82, 2.24) is 4.31 Å². The quantitative estimate of drug-likeness (QED) is 0.532. The van der Waals surface area contributed by atoms with Crippen molar-refractivity contribution in [3.05, 3.63) is 90.2 Å². The van der Waals surface area contributed by atoms with E-state index < -0.39 is 28.5 Å². The first-order valence-corrected chi connectivity index (χ1v) is 11.2. The minimum atomic E-state index is -3.97. The van der Waals surface area contributed by atoms with E-state index in [0.717, 1.165) is 26.3 Å². The molecule has 168 valence electrons. The molecule has 0 fully saturated rings. The summed E-state index contributed by atoms with van der Waals surface area (Å²) in [6, 6.07) is 21.4. The topological polar surface area (TPSA) is 79.0 Å². The van der Waals surface area contributed by atoms with Crippen molar-refractivity contribution in [2.24, 2.45) is 0 Å². The van der Waals surface area contributed by atoms with Crippen LogP contribution in [0.2, 0.25) is 0 Å². The molecule has 0 saturated carbocycles. The minimum absolute atomic E-state index is 0.180. The Hall–Kier alpha value is -3.43. The number of hydrogen-bond acceptors (Lipinski definition) is 4. The minimum Gasteiger partial charge on any atom is -0.489 e. The molecular weight excluding hydrogens is 433 g/mol. The number of carbonyl (C=O) groups is 1. The Labute approximate surface area is 187 Å². The smallest absolute Gasteiger partial charge is 0.304 e. The Kier molecular flexibility index (Phi) is 7.45. The lowest BCUT2D eigenvalue weighted by atomic mass is 10.2. The molecule has 0 saturated heterocycles. The van der Waals surface area contributed by atoms with E-state index in [4.69, 9.17) is 4.74 Å². The number of benzene rings is 3. The lowest BCUT2D eigenvalue weighted by Gasteiger charge is -2.26. The lowest BCUT2D eigenvalue weighted by molar-refractivity contribution is -0.114. The summed E-state index contributed by atoms with van der Waals surface area (Å²) in [6.45, 7) is -0.0556. The van der Waals surface area contributed by atoms with Crippen molar-refractivity contribution < 1.29 is 22.3 Å². The van der Waals surface area contributed by atoms with Crippen LogP contribution < -0.4 is 14.4 Å². The number of halogens is 1. The van der Waals surface area contributed by atoms with Gasteiger partial charge in [0.15, 0.2) is 0 Å². The second-order valence-electron chi connectivity index (χ2n) is 7.12. The molecule has 0 heterocycles. The van der Waals surface area contributed by atoms with Gasteiger partial charge in [-0.2, -0.15) is 12.7 Å². The Morgan fingerprint density at radius 3 is 2.16 bits per heavy atom. The SMILES string of the molecule is CN(C)S(=O)(=O)N(CC(=O)Nc1ccc(OCc2ccccc2)cc1)c1ccc(F)cc1. The number of carbonyl (C=O) groups excluding carboxylic acids is 1. The fraction of sp³-hybridized carbons (Fsp3) is 0.174.